The van der Waals surface area contributed by atoms with Crippen LogP contribution in [0.1, 0.15) is 30.9 Å². The Bertz CT molecular complexity index is 378. The number of piperidine rings is 1. The molecule has 2 rings (SSSR count). The van der Waals surface area contributed by atoms with Crippen molar-refractivity contribution in [3.8, 4) is 0 Å². The van der Waals surface area contributed by atoms with Crippen LogP contribution in [-0.4, -0.2) is 18.0 Å². The van der Waals surface area contributed by atoms with E-state index < -0.39 is 0 Å². The van der Waals surface area contributed by atoms with Crippen LogP contribution in [-0.2, 0) is 13.1 Å². The molecule has 94 valence electrons. The highest BCUT2D eigenvalue weighted by atomic mass is 19.1. The van der Waals surface area contributed by atoms with Gasteiger partial charge in [-0.3, -0.25) is 4.90 Å². The monoisotopic (exact) mass is 236 g/mol. The Morgan fingerprint density at radius 3 is 3.00 bits per heavy atom. The normalized spacial score (nSPS) is 21.7. The Kier molecular flexibility index (Phi) is 4.13. The van der Waals surface area contributed by atoms with Gasteiger partial charge in [0.05, 0.1) is 0 Å². The lowest BCUT2D eigenvalue weighted by atomic mass is 9.99. The van der Waals surface area contributed by atoms with Crippen molar-refractivity contribution in [1.82, 2.24) is 4.90 Å². The van der Waals surface area contributed by atoms with Crippen molar-refractivity contribution in [3.63, 3.8) is 0 Å². The topological polar surface area (TPSA) is 29.3 Å². The highest BCUT2D eigenvalue weighted by Crippen LogP contribution is 2.19. The molecule has 1 aromatic rings. The number of likely N-dealkylation sites (tertiary alicyclic amines) is 1. The predicted octanol–water partition coefficient (Wildman–Crippen LogP) is 2.52. The van der Waals surface area contributed by atoms with Gasteiger partial charge in [-0.2, -0.15) is 0 Å². The van der Waals surface area contributed by atoms with Crippen LogP contribution in [0.15, 0.2) is 18.2 Å². The first kappa shape index (κ1) is 12.5. The quantitative estimate of drug-likeness (QED) is 0.873. The van der Waals surface area contributed by atoms with Crippen LogP contribution in [0.5, 0.6) is 0 Å². The molecule has 17 heavy (non-hydrogen) atoms. The summed E-state index contributed by atoms with van der Waals surface area (Å²) in [6, 6.07) is 5.19. The summed E-state index contributed by atoms with van der Waals surface area (Å²) in [5, 5.41) is 0. The van der Waals surface area contributed by atoms with Crippen molar-refractivity contribution >= 4 is 0 Å². The minimum Gasteiger partial charge on any atom is -0.326 e. The molecule has 1 atom stereocenters. The number of hydrogen-bond acceptors (Lipinski definition) is 2. The third-order valence-corrected chi connectivity index (χ3v) is 3.48. The average Bonchev–Trinajstić information content (AvgIpc) is 2.32. The van der Waals surface area contributed by atoms with E-state index in [-0.39, 0.29) is 5.82 Å². The van der Waals surface area contributed by atoms with E-state index in [0.717, 1.165) is 30.1 Å². The lowest BCUT2D eigenvalue weighted by Gasteiger charge is -2.31. The van der Waals surface area contributed by atoms with Gasteiger partial charge >= 0.3 is 0 Å². The van der Waals surface area contributed by atoms with Crippen LogP contribution in [0, 0.1) is 11.7 Å². The zero-order chi connectivity index (χ0) is 12.3. The SMILES string of the molecule is CC1CCCN(Cc2cc(CN)ccc2F)C1. The lowest BCUT2D eigenvalue weighted by Crippen LogP contribution is -2.34. The van der Waals surface area contributed by atoms with Crippen molar-refractivity contribution < 1.29 is 4.39 Å². The molecule has 1 aromatic carbocycles. The molecular weight excluding hydrogens is 215 g/mol. The van der Waals surface area contributed by atoms with Crippen LogP contribution in [0.4, 0.5) is 4.39 Å². The van der Waals surface area contributed by atoms with Crippen LogP contribution in [0.2, 0.25) is 0 Å². The third-order valence-electron chi connectivity index (χ3n) is 3.48. The van der Waals surface area contributed by atoms with Crippen LogP contribution in [0.3, 0.4) is 0 Å². The fourth-order valence-electron chi connectivity index (χ4n) is 2.55. The molecule has 1 fully saturated rings. The molecule has 1 saturated heterocycles. The zero-order valence-electron chi connectivity index (χ0n) is 10.5. The standard InChI is InChI=1S/C14H21FN2/c1-11-3-2-6-17(9-11)10-13-7-12(8-16)4-5-14(13)15/h4-5,7,11H,2-3,6,8-10,16H2,1H3. The van der Waals surface area contributed by atoms with Gasteiger partial charge in [0.15, 0.2) is 0 Å². The summed E-state index contributed by atoms with van der Waals surface area (Å²) in [5.41, 5.74) is 7.37. The number of rotatable bonds is 3. The van der Waals surface area contributed by atoms with Gasteiger partial charge in [0, 0.05) is 25.2 Å². The first-order valence-corrected chi connectivity index (χ1v) is 6.38. The molecular formula is C14H21FN2. The molecule has 2 nitrogen and oxygen atoms in total. The number of hydrogen-bond donors (Lipinski definition) is 1. The second-order valence-corrected chi connectivity index (χ2v) is 5.11. The second kappa shape index (κ2) is 5.61. The highest BCUT2D eigenvalue weighted by molar-refractivity contribution is 5.25. The van der Waals surface area contributed by atoms with E-state index in [1.807, 2.05) is 6.07 Å². The molecule has 1 aliphatic rings. The number of nitrogens with two attached hydrogens (primary N) is 1. The molecule has 0 radical (unpaired) electrons. The fraction of sp³-hybridized carbons (Fsp3) is 0.571. The summed E-state index contributed by atoms with van der Waals surface area (Å²) in [6.45, 7) is 5.61. The van der Waals surface area contributed by atoms with E-state index in [4.69, 9.17) is 5.73 Å². The van der Waals surface area contributed by atoms with Crippen LogP contribution in [0.25, 0.3) is 0 Å². The van der Waals surface area contributed by atoms with Crippen molar-refractivity contribution in [2.75, 3.05) is 13.1 Å². The van der Waals surface area contributed by atoms with E-state index in [9.17, 15) is 4.39 Å². The molecule has 3 heteroatoms. The minimum absolute atomic E-state index is 0.111. The maximum absolute atomic E-state index is 13.7. The van der Waals surface area contributed by atoms with Crippen molar-refractivity contribution in [2.45, 2.75) is 32.9 Å². The largest absolute Gasteiger partial charge is 0.326 e. The molecule has 1 heterocycles. The summed E-state index contributed by atoms with van der Waals surface area (Å²) in [5.74, 6) is 0.616. The number of halogens is 1. The Morgan fingerprint density at radius 2 is 2.29 bits per heavy atom. The van der Waals surface area contributed by atoms with Gasteiger partial charge in [0.1, 0.15) is 5.82 Å². The Hall–Kier alpha value is -0.930. The van der Waals surface area contributed by atoms with E-state index in [0.29, 0.717) is 13.1 Å². The van der Waals surface area contributed by atoms with E-state index in [2.05, 4.69) is 11.8 Å². The molecule has 0 saturated carbocycles. The first-order chi connectivity index (χ1) is 8.19. The second-order valence-electron chi connectivity index (χ2n) is 5.11. The maximum Gasteiger partial charge on any atom is 0.127 e. The van der Waals surface area contributed by atoms with Crippen molar-refractivity contribution in [2.24, 2.45) is 11.7 Å². The Balaban J connectivity index is 2.06. The van der Waals surface area contributed by atoms with Gasteiger partial charge in [-0.25, -0.2) is 4.39 Å². The molecule has 0 aromatic heterocycles. The smallest absolute Gasteiger partial charge is 0.127 e. The first-order valence-electron chi connectivity index (χ1n) is 6.38. The van der Waals surface area contributed by atoms with Crippen molar-refractivity contribution in [1.29, 1.82) is 0 Å². The van der Waals surface area contributed by atoms with Crippen LogP contribution >= 0.6 is 0 Å². The van der Waals surface area contributed by atoms with E-state index in [1.165, 1.54) is 18.9 Å². The third kappa shape index (κ3) is 3.27. The van der Waals surface area contributed by atoms with Gasteiger partial charge in [-0.15, -0.1) is 0 Å². The fourth-order valence-corrected chi connectivity index (χ4v) is 2.55. The predicted molar refractivity (Wildman–Crippen MR) is 68.0 cm³/mol. The number of nitrogens with zero attached hydrogens (tertiary/aromatic N) is 1. The summed E-state index contributed by atoms with van der Waals surface area (Å²) in [4.78, 5) is 2.34. The highest BCUT2D eigenvalue weighted by Gasteiger charge is 2.17. The molecule has 0 amide bonds. The van der Waals surface area contributed by atoms with Crippen molar-refractivity contribution in [3.05, 3.63) is 35.1 Å². The zero-order valence-corrected chi connectivity index (χ0v) is 10.5. The average molecular weight is 236 g/mol. The molecule has 1 aliphatic heterocycles. The van der Waals surface area contributed by atoms with Crippen LogP contribution < -0.4 is 5.73 Å². The summed E-state index contributed by atoms with van der Waals surface area (Å²) in [6.07, 6.45) is 2.52. The lowest BCUT2D eigenvalue weighted by molar-refractivity contribution is 0.175. The Labute approximate surface area is 103 Å². The molecule has 0 aliphatic carbocycles. The van der Waals surface area contributed by atoms with Gasteiger partial charge in [-0.05, 0) is 36.9 Å². The Morgan fingerprint density at radius 1 is 1.47 bits per heavy atom. The van der Waals surface area contributed by atoms with Gasteiger partial charge in [-0.1, -0.05) is 19.1 Å². The van der Waals surface area contributed by atoms with Gasteiger partial charge in [0.25, 0.3) is 0 Å². The summed E-state index contributed by atoms with van der Waals surface area (Å²) >= 11 is 0. The van der Waals surface area contributed by atoms with E-state index >= 15 is 0 Å². The molecule has 0 bridgehead atoms. The summed E-state index contributed by atoms with van der Waals surface area (Å²) < 4.78 is 13.7. The maximum atomic E-state index is 13.7. The van der Waals surface area contributed by atoms with Gasteiger partial charge in [0.2, 0.25) is 0 Å². The molecule has 0 spiro atoms. The molecule has 2 N–H and O–H groups in total. The van der Waals surface area contributed by atoms with Gasteiger partial charge < -0.3 is 5.73 Å². The summed E-state index contributed by atoms with van der Waals surface area (Å²) in [7, 11) is 0. The minimum atomic E-state index is -0.111. The van der Waals surface area contributed by atoms with E-state index in [1.54, 1.807) is 6.07 Å². The number of benzene rings is 1. The molecule has 1 unspecified atom stereocenters.